The molecule has 3 nitrogen and oxygen atoms in total. The molecular formula is C13H20N2O. The number of hydrogen-bond donors (Lipinski definition) is 2. The molecule has 88 valence electrons. The summed E-state index contributed by atoms with van der Waals surface area (Å²) in [7, 11) is 0. The van der Waals surface area contributed by atoms with Gasteiger partial charge >= 0.3 is 0 Å². The third kappa shape index (κ3) is 4.34. The Morgan fingerprint density at radius 2 is 2.00 bits per heavy atom. The molecule has 1 aromatic carbocycles. The zero-order valence-corrected chi connectivity index (χ0v) is 10.2. The lowest BCUT2D eigenvalue weighted by atomic mass is 10.1. The van der Waals surface area contributed by atoms with Crippen LogP contribution >= 0.6 is 0 Å². The van der Waals surface area contributed by atoms with E-state index in [1.54, 1.807) is 0 Å². The maximum atomic E-state index is 11.5. The first kappa shape index (κ1) is 12.6. The molecule has 0 fully saturated rings. The molecule has 0 aliphatic rings. The van der Waals surface area contributed by atoms with E-state index in [-0.39, 0.29) is 5.91 Å². The molecule has 0 spiro atoms. The van der Waals surface area contributed by atoms with Gasteiger partial charge < -0.3 is 0 Å². The predicted molar refractivity (Wildman–Crippen MR) is 67.0 cm³/mol. The van der Waals surface area contributed by atoms with Crippen LogP contribution in [-0.4, -0.2) is 5.91 Å². The van der Waals surface area contributed by atoms with Gasteiger partial charge in [-0.05, 0) is 30.9 Å². The molecule has 0 bridgehead atoms. The number of carbonyl (C=O) groups excluding carboxylic acids is 1. The van der Waals surface area contributed by atoms with Gasteiger partial charge in [-0.25, -0.2) is 0 Å². The van der Waals surface area contributed by atoms with Gasteiger partial charge in [-0.3, -0.25) is 15.6 Å². The van der Waals surface area contributed by atoms with Crippen LogP contribution in [0.5, 0.6) is 0 Å². The number of hydrazine groups is 1. The van der Waals surface area contributed by atoms with Crippen molar-refractivity contribution < 1.29 is 4.79 Å². The van der Waals surface area contributed by atoms with Crippen LogP contribution in [0, 0.1) is 12.8 Å². The number of nitrogens with one attached hydrogen (secondary N) is 2. The third-order valence-electron chi connectivity index (χ3n) is 2.43. The van der Waals surface area contributed by atoms with Crippen LogP contribution in [0.15, 0.2) is 24.3 Å². The average Bonchev–Trinajstić information content (AvgIpc) is 2.25. The maximum Gasteiger partial charge on any atom is 0.238 e. The van der Waals surface area contributed by atoms with E-state index in [1.165, 1.54) is 0 Å². The van der Waals surface area contributed by atoms with Gasteiger partial charge in [0.05, 0.1) is 5.69 Å². The SMILES string of the molecule is Cc1ccccc1NNC(=O)CCC(C)C. The van der Waals surface area contributed by atoms with E-state index >= 15 is 0 Å². The molecule has 0 aromatic heterocycles. The fourth-order valence-corrected chi connectivity index (χ4v) is 1.33. The van der Waals surface area contributed by atoms with Crippen molar-refractivity contribution in [2.45, 2.75) is 33.6 Å². The molecule has 0 unspecified atom stereocenters. The second-order valence-corrected chi connectivity index (χ2v) is 4.42. The van der Waals surface area contributed by atoms with E-state index in [2.05, 4.69) is 24.7 Å². The van der Waals surface area contributed by atoms with Crippen LogP contribution in [0.2, 0.25) is 0 Å². The summed E-state index contributed by atoms with van der Waals surface area (Å²) < 4.78 is 0. The van der Waals surface area contributed by atoms with Gasteiger partial charge in [-0.2, -0.15) is 0 Å². The van der Waals surface area contributed by atoms with Gasteiger partial charge in [0.15, 0.2) is 0 Å². The topological polar surface area (TPSA) is 41.1 Å². The monoisotopic (exact) mass is 220 g/mol. The molecular weight excluding hydrogens is 200 g/mol. The lowest BCUT2D eigenvalue weighted by molar-refractivity contribution is -0.120. The normalized spacial score (nSPS) is 10.2. The van der Waals surface area contributed by atoms with E-state index in [0.29, 0.717) is 12.3 Å². The Labute approximate surface area is 97.2 Å². The fourth-order valence-electron chi connectivity index (χ4n) is 1.33. The van der Waals surface area contributed by atoms with E-state index < -0.39 is 0 Å². The van der Waals surface area contributed by atoms with E-state index in [4.69, 9.17) is 0 Å². The van der Waals surface area contributed by atoms with Gasteiger partial charge in [-0.15, -0.1) is 0 Å². The highest BCUT2D eigenvalue weighted by molar-refractivity contribution is 5.77. The van der Waals surface area contributed by atoms with Crippen LogP contribution in [-0.2, 0) is 4.79 Å². The molecule has 3 heteroatoms. The van der Waals surface area contributed by atoms with Crippen molar-refractivity contribution in [2.24, 2.45) is 5.92 Å². The van der Waals surface area contributed by atoms with E-state index in [9.17, 15) is 4.79 Å². The minimum absolute atomic E-state index is 0.0388. The predicted octanol–water partition coefficient (Wildman–Crippen LogP) is 2.87. The van der Waals surface area contributed by atoms with Crippen LogP contribution in [0.1, 0.15) is 32.3 Å². The van der Waals surface area contributed by atoms with Crippen molar-refractivity contribution >= 4 is 11.6 Å². The molecule has 1 amide bonds. The van der Waals surface area contributed by atoms with Gasteiger partial charge in [0.25, 0.3) is 0 Å². The number of hydrogen-bond acceptors (Lipinski definition) is 2. The van der Waals surface area contributed by atoms with Crippen LogP contribution in [0.25, 0.3) is 0 Å². The lowest BCUT2D eigenvalue weighted by Gasteiger charge is -2.11. The van der Waals surface area contributed by atoms with Crippen molar-refractivity contribution in [3.8, 4) is 0 Å². The molecule has 0 aliphatic carbocycles. The molecule has 16 heavy (non-hydrogen) atoms. The summed E-state index contributed by atoms with van der Waals surface area (Å²) in [6.45, 7) is 6.23. The van der Waals surface area contributed by atoms with Gasteiger partial charge in [0, 0.05) is 6.42 Å². The summed E-state index contributed by atoms with van der Waals surface area (Å²) in [6, 6.07) is 7.86. The highest BCUT2D eigenvalue weighted by Crippen LogP contribution is 2.11. The Morgan fingerprint density at radius 3 is 2.62 bits per heavy atom. The highest BCUT2D eigenvalue weighted by Gasteiger charge is 2.03. The maximum absolute atomic E-state index is 11.5. The first-order chi connectivity index (χ1) is 7.59. The number of amides is 1. The summed E-state index contributed by atoms with van der Waals surface area (Å²) >= 11 is 0. The van der Waals surface area contributed by atoms with Crippen LogP contribution in [0.3, 0.4) is 0 Å². The van der Waals surface area contributed by atoms with Crippen molar-refractivity contribution in [2.75, 3.05) is 5.43 Å². The molecule has 2 N–H and O–H groups in total. The molecule has 0 heterocycles. The van der Waals surface area contributed by atoms with Crippen molar-refractivity contribution in [3.63, 3.8) is 0 Å². The zero-order valence-electron chi connectivity index (χ0n) is 10.2. The molecule has 0 aliphatic heterocycles. The molecule has 1 rings (SSSR count). The quantitative estimate of drug-likeness (QED) is 0.749. The first-order valence-corrected chi connectivity index (χ1v) is 5.70. The van der Waals surface area contributed by atoms with Gasteiger partial charge in [0.1, 0.15) is 0 Å². The molecule has 0 saturated heterocycles. The first-order valence-electron chi connectivity index (χ1n) is 5.70. The largest absolute Gasteiger partial charge is 0.298 e. The average molecular weight is 220 g/mol. The third-order valence-corrected chi connectivity index (χ3v) is 2.43. The minimum Gasteiger partial charge on any atom is -0.298 e. The van der Waals surface area contributed by atoms with Crippen molar-refractivity contribution in [3.05, 3.63) is 29.8 Å². The summed E-state index contributed by atoms with van der Waals surface area (Å²) in [5.74, 6) is 0.598. The summed E-state index contributed by atoms with van der Waals surface area (Å²) in [5, 5.41) is 0. The van der Waals surface area contributed by atoms with E-state index in [0.717, 1.165) is 17.7 Å². The van der Waals surface area contributed by atoms with Crippen LogP contribution < -0.4 is 10.9 Å². The standard InChI is InChI=1S/C13H20N2O/c1-10(2)8-9-13(16)15-14-12-7-5-4-6-11(12)3/h4-7,10,14H,8-9H2,1-3H3,(H,15,16). The number of benzene rings is 1. The summed E-state index contributed by atoms with van der Waals surface area (Å²) in [5.41, 5.74) is 7.71. The Bertz CT molecular complexity index is 348. The fraction of sp³-hybridized carbons (Fsp3) is 0.462. The number of para-hydroxylation sites is 1. The second-order valence-electron chi connectivity index (χ2n) is 4.42. The number of rotatable bonds is 5. The highest BCUT2D eigenvalue weighted by atomic mass is 16.2. The van der Waals surface area contributed by atoms with Crippen LogP contribution in [0.4, 0.5) is 5.69 Å². The molecule has 0 radical (unpaired) electrons. The van der Waals surface area contributed by atoms with Crippen molar-refractivity contribution in [1.82, 2.24) is 5.43 Å². The Morgan fingerprint density at radius 1 is 1.31 bits per heavy atom. The smallest absolute Gasteiger partial charge is 0.238 e. The lowest BCUT2D eigenvalue weighted by Crippen LogP contribution is -2.29. The number of carbonyl (C=O) groups is 1. The number of aryl methyl sites for hydroxylation is 1. The molecule has 1 aromatic rings. The minimum atomic E-state index is 0.0388. The second kappa shape index (κ2) is 6.16. The summed E-state index contributed by atoms with van der Waals surface area (Å²) in [6.07, 6.45) is 1.48. The Kier molecular flexibility index (Phi) is 4.83. The Balaban J connectivity index is 2.35. The molecule has 0 saturated carbocycles. The van der Waals surface area contributed by atoms with Gasteiger partial charge in [-0.1, -0.05) is 32.0 Å². The number of anilines is 1. The Hall–Kier alpha value is -1.51. The zero-order chi connectivity index (χ0) is 12.0. The van der Waals surface area contributed by atoms with Gasteiger partial charge in [0.2, 0.25) is 5.91 Å². The summed E-state index contributed by atoms with van der Waals surface area (Å²) in [4.78, 5) is 11.5. The van der Waals surface area contributed by atoms with Crippen molar-refractivity contribution in [1.29, 1.82) is 0 Å². The van der Waals surface area contributed by atoms with E-state index in [1.807, 2.05) is 31.2 Å². The molecule has 0 atom stereocenters.